The predicted octanol–water partition coefficient (Wildman–Crippen LogP) is 3.64. The number of benzene rings is 2. The first-order valence-electron chi connectivity index (χ1n) is 7.30. The number of rotatable bonds is 4. The molecule has 1 fully saturated rings. The van der Waals surface area contributed by atoms with Gasteiger partial charge in [-0.3, -0.25) is 9.69 Å². The van der Waals surface area contributed by atoms with Crippen molar-refractivity contribution < 1.29 is 14.0 Å². The molecular formula is C18H15FN2O2S. The smallest absolute Gasteiger partial charge is 0.303 e. The Bertz CT molecular complexity index is 818. The van der Waals surface area contributed by atoms with Gasteiger partial charge in [0, 0.05) is 10.5 Å². The van der Waals surface area contributed by atoms with Gasteiger partial charge in [-0.2, -0.15) is 0 Å². The molecule has 24 heavy (non-hydrogen) atoms. The molecule has 0 atom stereocenters. The standard InChI is InChI=1S/C18H15FN2O2S/c1-24-14-8-6-12(7-9-14)10-16-17(22)21(18(23)20-16)11-13-4-2-3-5-15(13)19/h2-10H,11H2,1H3,(H,20,23). The molecule has 4 nitrogen and oxygen atoms in total. The number of hydrogen-bond acceptors (Lipinski definition) is 3. The van der Waals surface area contributed by atoms with E-state index in [0.717, 1.165) is 15.4 Å². The first kappa shape index (κ1) is 16.3. The van der Waals surface area contributed by atoms with E-state index in [1.807, 2.05) is 30.5 Å². The fraction of sp³-hybridized carbons (Fsp3) is 0.111. The molecule has 0 unspecified atom stereocenters. The highest BCUT2D eigenvalue weighted by molar-refractivity contribution is 7.98. The van der Waals surface area contributed by atoms with E-state index in [1.54, 1.807) is 36.0 Å². The first-order valence-corrected chi connectivity index (χ1v) is 8.53. The van der Waals surface area contributed by atoms with Gasteiger partial charge < -0.3 is 5.32 Å². The highest BCUT2D eigenvalue weighted by Gasteiger charge is 2.33. The van der Waals surface area contributed by atoms with Crippen LogP contribution in [0.1, 0.15) is 11.1 Å². The van der Waals surface area contributed by atoms with Gasteiger partial charge in [0.1, 0.15) is 11.5 Å². The summed E-state index contributed by atoms with van der Waals surface area (Å²) < 4.78 is 13.7. The molecule has 0 saturated carbocycles. The van der Waals surface area contributed by atoms with E-state index in [1.165, 1.54) is 6.07 Å². The normalized spacial score (nSPS) is 15.9. The first-order chi connectivity index (χ1) is 11.6. The fourth-order valence-electron chi connectivity index (χ4n) is 2.38. The largest absolute Gasteiger partial charge is 0.329 e. The number of carbonyl (C=O) groups excluding carboxylic acids is 2. The number of hydrogen-bond donors (Lipinski definition) is 1. The van der Waals surface area contributed by atoms with E-state index in [-0.39, 0.29) is 12.2 Å². The lowest BCUT2D eigenvalue weighted by atomic mass is 10.2. The van der Waals surface area contributed by atoms with Crippen LogP contribution in [0.2, 0.25) is 0 Å². The van der Waals surface area contributed by atoms with Crippen LogP contribution < -0.4 is 5.32 Å². The predicted molar refractivity (Wildman–Crippen MR) is 91.7 cm³/mol. The molecule has 0 spiro atoms. The van der Waals surface area contributed by atoms with Crippen LogP contribution >= 0.6 is 11.8 Å². The molecule has 6 heteroatoms. The van der Waals surface area contributed by atoms with E-state index in [2.05, 4.69) is 5.32 Å². The second kappa shape index (κ2) is 6.88. The summed E-state index contributed by atoms with van der Waals surface area (Å²) in [5, 5.41) is 2.54. The fourth-order valence-corrected chi connectivity index (χ4v) is 2.79. The summed E-state index contributed by atoms with van der Waals surface area (Å²) in [5.74, 6) is -0.902. The van der Waals surface area contributed by atoms with Crippen molar-refractivity contribution in [3.63, 3.8) is 0 Å². The zero-order chi connectivity index (χ0) is 17.1. The Morgan fingerprint density at radius 2 is 1.83 bits per heavy atom. The third-order valence-corrected chi connectivity index (χ3v) is 4.42. The minimum atomic E-state index is -0.546. The summed E-state index contributed by atoms with van der Waals surface area (Å²) in [7, 11) is 0. The maximum Gasteiger partial charge on any atom is 0.329 e. The zero-order valence-electron chi connectivity index (χ0n) is 13.0. The number of nitrogens with zero attached hydrogens (tertiary/aromatic N) is 1. The summed E-state index contributed by atoms with van der Waals surface area (Å²) in [6, 6.07) is 13.2. The van der Waals surface area contributed by atoms with Crippen LogP contribution in [0, 0.1) is 5.82 Å². The maximum atomic E-state index is 13.7. The van der Waals surface area contributed by atoms with Gasteiger partial charge >= 0.3 is 6.03 Å². The lowest BCUT2D eigenvalue weighted by Crippen LogP contribution is -2.30. The van der Waals surface area contributed by atoms with E-state index in [4.69, 9.17) is 0 Å². The summed E-state index contributed by atoms with van der Waals surface area (Å²) in [6.07, 6.45) is 3.60. The molecule has 1 N–H and O–H groups in total. The van der Waals surface area contributed by atoms with Crippen LogP contribution in [0.15, 0.2) is 59.1 Å². The van der Waals surface area contributed by atoms with E-state index < -0.39 is 17.8 Å². The molecule has 1 aliphatic rings. The Morgan fingerprint density at radius 1 is 1.12 bits per heavy atom. The minimum absolute atomic E-state index is 0.0971. The summed E-state index contributed by atoms with van der Waals surface area (Å²) in [4.78, 5) is 26.5. The van der Waals surface area contributed by atoms with E-state index in [9.17, 15) is 14.0 Å². The molecule has 1 heterocycles. The molecule has 0 aromatic heterocycles. The second-order valence-electron chi connectivity index (χ2n) is 5.24. The zero-order valence-corrected chi connectivity index (χ0v) is 13.8. The highest BCUT2D eigenvalue weighted by atomic mass is 32.2. The molecule has 2 aromatic rings. The average molecular weight is 342 g/mol. The van der Waals surface area contributed by atoms with Crippen molar-refractivity contribution in [2.75, 3.05) is 6.26 Å². The lowest BCUT2D eigenvalue weighted by molar-refractivity contribution is -0.123. The summed E-state index contributed by atoms with van der Waals surface area (Å²) >= 11 is 1.62. The number of thioether (sulfide) groups is 1. The molecule has 1 aliphatic heterocycles. The number of amides is 3. The Labute approximate surface area is 143 Å². The van der Waals surface area contributed by atoms with Crippen LogP contribution in [0.3, 0.4) is 0 Å². The highest BCUT2D eigenvalue weighted by Crippen LogP contribution is 2.20. The van der Waals surface area contributed by atoms with Gasteiger partial charge in [0.15, 0.2) is 0 Å². The average Bonchev–Trinajstić information content (AvgIpc) is 2.85. The van der Waals surface area contributed by atoms with Crippen LogP contribution in [-0.2, 0) is 11.3 Å². The molecule has 122 valence electrons. The van der Waals surface area contributed by atoms with Gasteiger partial charge in [-0.05, 0) is 36.1 Å². The molecule has 1 saturated heterocycles. The van der Waals surface area contributed by atoms with Crippen molar-refractivity contribution in [3.8, 4) is 0 Å². The van der Waals surface area contributed by atoms with Crippen LogP contribution in [0.5, 0.6) is 0 Å². The third kappa shape index (κ3) is 3.33. The topological polar surface area (TPSA) is 49.4 Å². The van der Waals surface area contributed by atoms with Gasteiger partial charge in [0.25, 0.3) is 5.91 Å². The minimum Gasteiger partial charge on any atom is -0.303 e. The molecule has 0 aliphatic carbocycles. The maximum absolute atomic E-state index is 13.7. The SMILES string of the molecule is CSc1ccc(C=C2NC(=O)N(Cc3ccccc3F)C2=O)cc1. The monoisotopic (exact) mass is 342 g/mol. The second-order valence-corrected chi connectivity index (χ2v) is 6.12. The Hall–Kier alpha value is -2.60. The van der Waals surface area contributed by atoms with Crippen molar-refractivity contribution >= 4 is 29.8 Å². The van der Waals surface area contributed by atoms with Crippen LogP contribution in [-0.4, -0.2) is 23.1 Å². The number of halogens is 1. The number of nitrogens with one attached hydrogen (secondary N) is 1. The van der Waals surface area contributed by atoms with Crippen molar-refractivity contribution in [1.82, 2.24) is 10.2 Å². The van der Waals surface area contributed by atoms with Gasteiger partial charge in [-0.1, -0.05) is 30.3 Å². The number of carbonyl (C=O) groups is 2. The van der Waals surface area contributed by atoms with Gasteiger partial charge in [-0.15, -0.1) is 11.8 Å². The van der Waals surface area contributed by atoms with Crippen molar-refractivity contribution in [2.24, 2.45) is 0 Å². The molecular weight excluding hydrogens is 327 g/mol. The van der Waals surface area contributed by atoms with Gasteiger partial charge in [-0.25, -0.2) is 9.18 Å². The summed E-state index contributed by atoms with van der Waals surface area (Å²) in [5.41, 5.74) is 1.30. The summed E-state index contributed by atoms with van der Waals surface area (Å²) in [6.45, 7) is -0.0971. The van der Waals surface area contributed by atoms with Crippen molar-refractivity contribution in [3.05, 3.63) is 71.2 Å². The number of imide groups is 1. The van der Waals surface area contributed by atoms with Gasteiger partial charge in [0.2, 0.25) is 0 Å². The Kier molecular flexibility index (Phi) is 4.66. The Morgan fingerprint density at radius 3 is 2.50 bits per heavy atom. The third-order valence-electron chi connectivity index (χ3n) is 3.68. The number of urea groups is 1. The molecule has 0 radical (unpaired) electrons. The lowest BCUT2D eigenvalue weighted by Gasteiger charge is -2.12. The molecule has 2 aromatic carbocycles. The van der Waals surface area contributed by atoms with E-state index >= 15 is 0 Å². The van der Waals surface area contributed by atoms with Gasteiger partial charge in [0.05, 0.1) is 6.54 Å². The van der Waals surface area contributed by atoms with Crippen molar-refractivity contribution in [1.29, 1.82) is 0 Å². The quantitative estimate of drug-likeness (QED) is 0.524. The molecule has 3 rings (SSSR count). The van der Waals surface area contributed by atoms with E-state index in [0.29, 0.717) is 5.56 Å². The molecule has 3 amide bonds. The van der Waals surface area contributed by atoms with Crippen molar-refractivity contribution in [2.45, 2.75) is 11.4 Å². The van der Waals surface area contributed by atoms with Crippen LogP contribution in [0.4, 0.5) is 9.18 Å². The molecule has 0 bridgehead atoms. The Balaban J connectivity index is 1.80. The van der Waals surface area contributed by atoms with Crippen LogP contribution in [0.25, 0.3) is 6.08 Å².